The molecule has 43 nitrogen and oxygen atoms in total. The van der Waals surface area contributed by atoms with E-state index in [1.807, 2.05) is 16.0 Å². The first-order chi connectivity index (χ1) is 49.7. The third-order valence-corrected chi connectivity index (χ3v) is 16.5. The van der Waals surface area contributed by atoms with Gasteiger partial charge in [0, 0.05) is 37.0 Å². The van der Waals surface area contributed by atoms with Crippen LogP contribution in [0.4, 0.5) is 0 Å². The van der Waals surface area contributed by atoms with Gasteiger partial charge in [0.2, 0.25) is 89.1 Å². The zero-order valence-corrected chi connectivity index (χ0v) is 58.5. The molecule has 106 heavy (non-hydrogen) atoms. The number of aromatic nitrogens is 1. The Labute approximate surface area is 603 Å². The fraction of sp³-hybridized carbons (Fsp3) is 0.556. The van der Waals surface area contributed by atoms with Crippen molar-refractivity contribution in [3.05, 3.63) is 36.0 Å². The number of nitrogens with two attached hydrogens (primary N) is 3. The molecule has 3 rings (SSSR count). The van der Waals surface area contributed by atoms with Gasteiger partial charge in [-0.3, -0.25) is 86.3 Å². The molecule has 2 aromatic rings. The number of cyclic esters (lactones) is 1. The van der Waals surface area contributed by atoms with Gasteiger partial charge in [0.1, 0.15) is 72.6 Å². The van der Waals surface area contributed by atoms with Crippen LogP contribution >= 0.6 is 0 Å². The molecule has 0 bridgehead atoms. The summed E-state index contributed by atoms with van der Waals surface area (Å²) in [5.41, 5.74) is 17.7. The average molecular weight is 1500 g/mol. The van der Waals surface area contributed by atoms with Crippen LogP contribution in [0.1, 0.15) is 104 Å². The molecule has 1 aromatic carbocycles. The van der Waals surface area contributed by atoms with E-state index in [1.165, 1.54) is 13.8 Å². The van der Waals surface area contributed by atoms with E-state index >= 15 is 0 Å². The van der Waals surface area contributed by atoms with Gasteiger partial charge in [-0.05, 0) is 69.5 Å². The van der Waals surface area contributed by atoms with E-state index in [1.54, 1.807) is 30.5 Å². The zero-order valence-electron chi connectivity index (χ0n) is 58.5. The Balaban J connectivity index is 2.26. The van der Waals surface area contributed by atoms with E-state index in [4.69, 9.17) is 21.9 Å². The Kier molecular flexibility index (Phi) is 35.5. The van der Waals surface area contributed by atoms with Gasteiger partial charge >= 0.3 is 29.8 Å². The molecule has 24 N–H and O–H groups in total. The number of carboxylic acid groups (broad SMARTS) is 4. The molecule has 15 amide bonds. The number of carbonyl (C=O) groups is 20. The standard InChI is InChI=1S/C63H91N17O26/c1-7-27(2)48-63(105)106-30(5)49(78-58(99)38(21-41(66)83)75-53(94)35(15-16-44(86)87)73-55(96)36(69-26-81)19-31-23-67-33-13-9-8-12-32(31)33)61(102)80(6)25-43(85)70-29(4)52(93)74-39(22-46(90)91)56(97)72-34(14-10-11-17-64)54(95)79-50(51(92)62(103)104)59(100)68-24-42(84)71-37(20-40(65)82)57(98)76-47(60(101)77-48)28(3)18-45(88)89/h8-9,12-13,23,26-30,34-39,47-51,67,92H,7,10-11,14-22,24-25,64H2,1-6H3,(H2,65,82)(H2,66,83)(H,68,100)(H,69,81)(H,70,85)(H,71,84)(H,72,97)(H,73,96)(H,74,93)(H,75,94)(H,76,98)(H,77,101)(H,78,99)(H,79,95)(H,86,87)(H,88,89)(H,90,91)(H,103,104). The number of nitrogens with one attached hydrogen (secondary N) is 13. The third kappa shape index (κ3) is 28.4. The zero-order chi connectivity index (χ0) is 80.0. The summed E-state index contributed by atoms with van der Waals surface area (Å²) in [6, 6.07) is -15.2. The van der Waals surface area contributed by atoms with E-state index in [0.717, 1.165) is 27.8 Å². The van der Waals surface area contributed by atoms with Crippen molar-refractivity contribution in [3.63, 3.8) is 0 Å². The lowest BCUT2D eigenvalue weighted by atomic mass is 9.94. The number of aliphatic hydroxyl groups is 1. The van der Waals surface area contributed by atoms with Crippen LogP contribution in [0, 0.1) is 11.8 Å². The molecule has 15 atom stereocenters. The third-order valence-electron chi connectivity index (χ3n) is 16.5. The number of carboxylic acids is 4. The first kappa shape index (κ1) is 88.3. The van der Waals surface area contributed by atoms with Gasteiger partial charge in [-0.1, -0.05) is 45.4 Å². The number of likely N-dealkylation sites (N-methyl/N-ethyl adjacent to an activating group) is 1. The summed E-state index contributed by atoms with van der Waals surface area (Å²) >= 11 is 0. The Bertz CT molecular complexity index is 3610. The van der Waals surface area contributed by atoms with Crippen molar-refractivity contribution in [1.82, 2.24) is 73.7 Å². The topological polar surface area (TPSA) is 693 Å². The van der Waals surface area contributed by atoms with Gasteiger partial charge in [0.25, 0.3) is 0 Å². The number of fused-ring (bicyclic) bond motifs is 1. The van der Waals surface area contributed by atoms with E-state index in [9.17, 15) is 121 Å². The number of nitrogens with zero attached hydrogens (tertiary/aromatic N) is 1. The van der Waals surface area contributed by atoms with Gasteiger partial charge in [-0.2, -0.15) is 0 Å². The van der Waals surface area contributed by atoms with Crippen molar-refractivity contribution in [2.75, 3.05) is 26.7 Å². The molecule has 1 saturated heterocycles. The largest absolute Gasteiger partial charge is 0.481 e. The summed E-state index contributed by atoms with van der Waals surface area (Å²) in [6.07, 6.45) is -9.47. The van der Waals surface area contributed by atoms with Crippen molar-refractivity contribution < 1.29 is 126 Å². The predicted octanol–water partition coefficient (Wildman–Crippen LogP) is -8.97. The van der Waals surface area contributed by atoms with Gasteiger partial charge in [0.05, 0.1) is 38.8 Å². The Morgan fingerprint density at radius 3 is 1.84 bits per heavy atom. The summed E-state index contributed by atoms with van der Waals surface area (Å²) in [7, 11) is 0.924. The smallest absolute Gasteiger partial charge is 0.335 e. The van der Waals surface area contributed by atoms with Crippen molar-refractivity contribution in [2.24, 2.45) is 29.0 Å². The summed E-state index contributed by atoms with van der Waals surface area (Å²) in [6.45, 7) is 3.63. The molecule has 43 heteroatoms. The molecule has 1 aliphatic heterocycles. The normalized spacial score (nSPS) is 22.7. The number of amides is 15. The van der Waals surface area contributed by atoms with Crippen LogP contribution < -0.4 is 81.0 Å². The molecular weight excluding hydrogens is 1410 g/mol. The van der Waals surface area contributed by atoms with E-state index in [2.05, 4.69) is 52.8 Å². The van der Waals surface area contributed by atoms with Crippen LogP contribution in [0.2, 0.25) is 0 Å². The molecule has 1 fully saturated rings. The molecule has 15 unspecified atom stereocenters. The average Bonchev–Trinajstić information content (AvgIpc) is 1.70. The molecule has 584 valence electrons. The number of esters is 1. The molecule has 0 radical (unpaired) electrons. The second-order valence-electron chi connectivity index (χ2n) is 25.0. The van der Waals surface area contributed by atoms with E-state index in [0.29, 0.717) is 21.4 Å². The highest BCUT2D eigenvalue weighted by Gasteiger charge is 2.42. The number of primary amides is 2. The predicted molar refractivity (Wildman–Crippen MR) is 360 cm³/mol. The second kappa shape index (κ2) is 42.6. The van der Waals surface area contributed by atoms with Gasteiger partial charge in [0.15, 0.2) is 6.10 Å². The maximum absolute atomic E-state index is 14.8. The van der Waals surface area contributed by atoms with Crippen LogP contribution in [-0.4, -0.2) is 260 Å². The summed E-state index contributed by atoms with van der Waals surface area (Å²) < 4.78 is 5.75. The molecule has 0 saturated carbocycles. The maximum atomic E-state index is 14.8. The van der Waals surface area contributed by atoms with Crippen molar-refractivity contribution in [1.29, 1.82) is 0 Å². The van der Waals surface area contributed by atoms with Gasteiger partial charge in [-0.15, -0.1) is 0 Å². The lowest BCUT2D eigenvalue weighted by molar-refractivity contribution is -0.159. The lowest BCUT2D eigenvalue weighted by Crippen LogP contribution is -2.62. The Hall–Kier alpha value is -11.9. The summed E-state index contributed by atoms with van der Waals surface area (Å²) in [5.74, 6) is -30.0. The highest BCUT2D eigenvalue weighted by atomic mass is 16.5. The molecule has 0 spiro atoms. The SMILES string of the molecule is CCC(C)C1NC(=O)C(C(C)CC(=O)O)NC(=O)C(CC(N)=O)NC(=O)CNC(=O)C(C(O)C(=O)O)NC(=O)C(CCCCN)NC(=O)C(CC(=O)O)NC(=O)C(C)NC(=O)CN(C)C(=O)C(NC(=O)C(CC(N)=O)NC(=O)C(CCC(=O)O)NC(=O)C(Cc2c[nH]c3ccccc23)NC=O)C(C)OC1=O. The number of unbranched alkanes of at least 4 members (excludes halogenated alkanes) is 1. The van der Waals surface area contributed by atoms with Crippen LogP contribution in [-0.2, 0) is 107 Å². The molecule has 0 aliphatic carbocycles. The number of H-pyrrole nitrogens is 1. The van der Waals surface area contributed by atoms with Crippen molar-refractivity contribution in [2.45, 2.75) is 184 Å². The number of carbonyl (C=O) groups excluding carboxylic acids is 16. The van der Waals surface area contributed by atoms with Crippen molar-refractivity contribution >= 4 is 130 Å². The molecule has 2 heterocycles. The number of hydrogen-bond donors (Lipinski definition) is 21. The quantitative estimate of drug-likeness (QED) is 0.0196. The lowest BCUT2D eigenvalue weighted by Gasteiger charge is -2.32. The highest BCUT2D eigenvalue weighted by molar-refractivity contribution is 6.02. The highest BCUT2D eigenvalue weighted by Crippen LogP contribution is 2.21. The Morgan fingerprint density at radius 1 is 0.651 bits per heavy atom. The number of benzene rings is 1. The number of aliphatic hydroxyl groups excluding tert-OH is 1. The minimum atomic E-state index is -2.83. The fourth-order valence-electron chi connectivity index (χ4n) is 10.5. The van der Waals surface area contributed by atoms with Gasteiger partial charge in [-0.25, -0.2) is 9.59 Å². The van der Waals surface area contributed by atoms with Crippen LogP contribution in [0.3, 0.4) is 0 Å². The van der Waals surface area contributed by atoms with Crippen LogP contribution in [0.15, 0.2) is 30.5 Å². The summed E-state index contributed by atoms with van der Waals surface area (Å²) in [5, 5.41) is 76.2. The van der Waals surface area contributed by atoms with E-state index in [-0.39, 0.29) is 38.6 Å². The number of aliphatic carboxylic acids is 4. The second-order valence-corrected chi connectivity index (χ2v) is 25.0. The summed E-state index contributed by atoms with van der Waals surface area (Å²) in [4.78, 5) is 272. The fourth-order valence-corrected chi connectivity index (χ4v) is 10.5. The first-order valence-corrected chi connectivity index (χ1v) is 33.1. The number of rotatable bonds is 30. The number of ether oxygens (including phenoxy) is 1. The van der Waals surface area contributed by atoms with Crippen LogP contribution in [0.5, 0.6) is 0 Å². The minimum Gasteiger partial charge on any atom is -0.481 e. The van der Waals surface area contributed by atoms with E-state index < -0.39 is 261 Å². The number of para-hydroxylation sites is 1. The van der Waals surface area contributed by atoms with Gasteiger partial charge < -0.3 is 121 Å². The monoisotopic (exact) mass is 1500 g/mol. The molecular formula is C63H91N17O26. The minimum absolute atomic E-state index is 0.00444. The Morgan fingerprint density at radius 2 is 1.25 bits per heavy atom. The number of hydrogen-bond acceptors (Lipinski definition) is 23. The van der Waals surface area contributed by atoms with Crippen LogP contribution in [0.25, 0.3) is 10.9 Å². The molecule has 1 aliphatic rings. The first-order valence-electron chi connectivity index (χ1n) is 33.1. The molecule has 1 aromatic heterocycles. The van der Waals surface area contributed by atoms with Crippen molar-refractivity contribution in [3.8, 4) is 0 Å². The number of aromatic amines is 1. The maximum Gasteiger partial charge on any atom is 0.335 e.